The van der Waals surface area contributed by atoms with Gasteiger partial charge in [-0.1, -0.05) is 39.8 Å². The molecular formula is C51H64F2N10O6. The Morgan fingerprint density at radius 3 is 1.72 bits per heavy atom. The van der Waals surface area contributed by atoms with E-state index in [1.54, 1.807) is 21.9 Å². The van der Waals surface area contributed by atoms with Crippen molar-refractivity contribution >= 4 is 57.4 Å². The average Bonchev–Trinajstić information content (AvgIpc) is 4.20. The number of benzene rings is 3. The SMILES string of the molecule is COC(=O)N[C@H](C(=O)N1CCC[C@H]1c1nc2ccc([C@H]3CC[C@H](c4ccc5nc([C@@H]6CCCN6C(=O)[C@H](C(C)C)N(C)C(=O)O)[nH]c5c4)N3c3ccc(N4CCCCC4)c(F)c3F)cc2[nH]1)C(C)C. The van der Waals surface area contributed by atoms with E-state index in [1.807, 2.05) is 73.9 Å². The van der Waals surface area contributed by atoms with E-state index in [2.05, 4.69) is 15.3 Å². The standard InChI is InChI=1S/C51H64F2N10O6/c1-28(2)44(58-50(66)69-6)48(64)61-24-10-12-40(61)46-54-32-16-14-30(26-34(32)56-46)36-18-19-37(63(36)39-21-20-38(42(52)43(39)53)60-22-8-7-9-23-60)31-15-17-33-35(27-31)57-47(55-33)41-13-11-25-62(41)49(65)45(29(3)4)59(5)51(67)68/h14-17,20-21,26-29,36-37,40-41,44-45H,7-13,18-19,22-25H2,1-6H3,(H,54,56)(H,55,57)(H,58,66)(H,67,68)/t36-,37-,40+,41+,44+,45+/m1/s1. The quantitative estimate of drug-likeness (QED) is 0.0941. The third-order valence-corrected chi connectivity index (χ3v) is 14.9. The first kappa shape index (κ1) is 47.6. The summed E-state index contributed by atoms with van der Waals surface area (Å²) in [6.07, 6.45) is 5.22. The number of nitrogens with one attached hydrogen (secondary N) is 3. The van der Waals surface area contributed by atoms with Crippen molar-refractivity contribution in [3.63, 3.8) is 0 Å². The van der Waals surface area contributed by atoms with Crippen molar-refractivity contribution in [3.8, 4) is 0 Å². The molecule has 9 rings (SSSR count). The zero-order chi connectivity index (χ0) is 48.8. The van der Waals surface area contributed by atoms with E-state index >= 15 is 8.78 Å². The summed E-state index contributed by atoms with van der Waals surface area (Å²) in [5.74, 6) is -1.36. The van der Waals surface area contributed by atoms with Crippen molar-refractivity contribution in [2.24, 2.45) is 11.8 Å². The largest absolute Gasteiger partial charge is 0.465 e. The summed E-state index contributed by atoms with van der Waals surface area (Å²) in [5.41, 5.74) is 5.13. The van der Waals surface area contributed by atoms with Gasteiger partial charge in [-0.3, -0.25) is 14.5 Å². The Labute approximate surface area is 400 Å². The van der Waals surface area contributed by atoms with Crippen LogP contribution in [0.1, 0.15) is 132 Å². The van der Waals surface area contributed by atoms with Crippen LogP contribution in [0.2, 0.25) is 0 Å². The molecule has 4 amide bonds. The predicted molar refractivity (Wildman–Crippen MR) is 258 cm³/mol. The van der Waals surface area contributed by atoms with Crippen LogP contribution in [-0.2, 0) is 14.3 Å². The molecule has 4 N–H and O–H groups in total. The van der Waals surface area contributed by atoms with Crippen LogP contribution in [0, 0.1) is 23.5 Å². The van der Waals surface area contributed by atoms with Gasteiger partial charge in [0, 0.05) is 33.2 Å². The molecule has 6 heterocycles. The Morgan fingerprint density at radius 1 is 0.696 bits per heavy atom. The number of hydrogen-bond donors (Lipinski definition) is 4. The summed E-state index contributed by atoms with van der Waals surface area (Å²) in [6.45, 7) is 9.78. The minimum atomic E-state index is -1.16. The van der Waals surface area contributed by atoms with E-state index in [-0.39, 0.29) is 59.2 Å². The maximum absolute atomic E-state index is 16.9. The zero-order valence-corrected chi connectivity index (χ0v) is 40.3. The lowest BCUT2D eigenvalue weighted by molar-refractivity contribution is -0.138. The number of methoxy groups -OCH3 is 1. The van der Waals surface area contributed by atoms with Crippen molar-refractivity contribution in [1.29, 1.82) is 0 Å². The van der Waals surface area contributed by atoms with Gasteiger partial charge in [0.25, 0.3) is 0 Å². The summed E-state index contributed by atoms with van der Waals surface area (Å²) >= 11 is 0. The molecule has 0 aliphatic carbocycles. The van der Waals surface area contributed by atoms with Gasteiger partial charge in [0.1, 0.15) is 23.7 Å². The number of ether oxygens (including phenoxy) is 1. The van der Waals surface area contributed by atoms with Gasteiger partial charge in [0.05, 0.1) is 64.7 Å². The number of carbonyl (C=O) groups is 4. The second-order valence-corrected chi connectivity index (χ2v) is 19.9. The molecule has 4 saturated heterocycles. The third kappa shape index (κ3) is 9.02. The number of anilines is 2. The number of fused-ring (bicyclic) bond motifs is 2. The smallest absolute Gasteiger partial charge is 0.407 e. The first-order valence-corrected chi connectivity index (χ1v) is 24.6. The molecule has 18 heteroatoms. The van der Waals surface area contributed by atoms with E-state index in [9.17, 15) is 24.3 Å². The summed E-state index contributed by atoms with van der Waals surface area (Å²) in [7, 11) is 2.70. The molecule has 3 aromatic carbocycles. The molecular weight excluding hydrogens is 887 g/mol. The fourth-order valence-corrected chi connectivity index (χ4v) is 11.4. The predicted octanol–water partition coefficient (Wildman–Crippen LogP) is 9.13. The highest BCUT2D eigenvalue weighted by Gasteiger charge is 2.42. The van der Waals surface area contributed by atoms with Crippen LogP contribution in [-0.4, -0.2) is 116 Å². The molecule has 0 saturated carbocycles. The van der Waals surface area contributed by atoms with Crippen molar-refractivity contribution in [3.05, 3.63) is 82.9 Å². The number of rotatable bonds is 12. The van der Waals surface area contributed by atoms with Crippen LogP contribution in [0.3, 0.4) is 0 Å². The highest BCUT2D eigenvalue weighted by Crippen LogP contribution is 2.49. The lowest BCUT2D eigenvalue weighted by atomic mass is 10.0. The van der Waals surface area contributed by atoms with Crippen molar-refractivity contribution in [1.82, 2.24) is 40.0 Å². The first-order chi connectivity index (χ1) is 33.1. The van der Waals surface area contributed by atoms with Gasteiger partial charge in [-0.15, -0.1) is 0 Å². The molecule has 16 nitrogen and oxygen atoms in total. The number of amides is 4. The fraction of sp³-hybridized carbons (Fsp3) is 0.529. The number of H-pyrrole nitrogens is 2. The van der Waals surface area contributed by atoms with E-state index in [0.29, 0.717) is 74.5 Å². The Balaban J connectivity index is 1.04. The molecule has 4 fully saturated rings. The number of alkyl carbamates (subject to hydrolysis) is 1. The van der Waals surface area contributed by atoms with Crippen molar-refractivity contribution < 1.29 is 37.8 Å². The van der Waals surface area contributed by atoms with E-state index in [0.717, 1.165) is 59.2 Å². The summed E-state index contributed by atoms with van der Waals surface area (Å²) in [5, 5.41) is 12.5. The molecule has 2 aromatic heterocycles. The number of aromatic amines is 2. The third-order valence-electron chi connectivity index (χ3n) is 14.9. The minimum absolute atomic E-state index is 0.170. The van der Waals surface area contributed by atoms with Crippen LogP contribution in [0.25, 0.3) is 22.1 Å². The average molecular weight is 951 g/mol. The number of halogens is 2. The van der Waals surface area contributed by atoms with Crippen LogP contribution in [0.15, 0.2) is 48.5 Å². The summed E-state index contributed by atoms with van der Waals surface area (Å²) in [6, 6.07) is 12.3. The molecule has 368 valence electrons. The van der Waals surface area contributed by atoms with Crippen molar-refractivity contribution in [2.75, 3.05) is 50.1 Å². The molecule has 0 unspecified atom stereocenters. The van der Waals surface area contributed by atoms with Gasteiger partial charge in [-0.2, -0.15) is 0 Å². The number of likely N-dealkylation sites (N-methyl/N-ethyl adjacent to an activating group) is 1. The normalized spacial score (nSPS) is 21.8. The molecule has 5 aromatic rings. The minimum Gasteiger partial charge on any atom is -0.465 e. The van der Waals surface area contributed by atoms with Gasteiger partial charge in [0.2, 0.25) is 11.8 Å². The molecule has 4 aliphatic rings. The first-order valence-electron chi connectivity index (χ1n) is 24.6. The number of aromatic nitrogens is 4. The van der Waals surface area contributed by atoms with Gasteiger partial charge in [0.15, 0.2) is 11.6 Å². The van der Waals surface area contributed by atoms with Crippen LogP contribution in [0.4, 0.5) is 29.7 Å². The van der Waals surface area contributed by atoms with E-state index < -0.39 is 35.9 Å². The Bertz CT molecular complexity index is 2740. The highest BCUT2D eigenvalue weighted by atomic mass is 19.2. The second kappa shape index (κ2) is 19.5. The van der Waals surface area contributed by atoms with Crippen LogP contribution >= 0.6 is 0 Å². The lowest BCUT2D eigenvalue weighted by Gasteiger charge is -2.35. The van der Waals surface area contributed by atoms with Crippen LogP contribution in [0.5, 0.6) is 0 Å². The second-order valence-electron chi connectivity index (χ2n) is 19.9. The number of imidazole rings is 2. The van der Waals surface area contributed by atoms with Crippen LogP contribution < -0.4 is 15.1 Å². The number of hydrogen-bond acceptors (Lipinski definition) is 9. The van der Waals surface area contributed by atoms with E-state index in [4.69, 9.17) is 14.7 Å². The lowest BCUT2D eigenvalue weighted by Crippen LogP contribution is -2.51. The maximum atomic E-state index is 16.9. The van der Waals surface area contributed by atoms with Gasteiger partial charge >= 0.3 is 12.2 Å². The number of piperidine rings is 1. The molecule has 0 radical (unpaired) electrons. The Morgan fingerprint density at radius 2 is 1.22 bits per heavy atom. The van der Waals surface area contributed by atoms with E-state index in [1.165, 1.54) is 14.2 Å². The monoisotopic (exact) mass is 950 g/mol. The molecule has 0 bridgehead atoms. The van der Waals surface area contributed by atoms with Gasteiger partial charge in [-0.05, 0) is 117 Å². The number of carboxylic acid groups (broad SMARTS) is 1. The number of nitrogens with zero attached hydrogens (tertiary/aromatic N) is 7. The topological polar surface area (TPSA) is 183 Å². The molecule has 4 aliphatic heterocycles. The molecule has 6 atom stereocenters. The maximum Gasteiger partial charge on any atom is 0.407 e. The summed E-state index contributed by atoms with van der Waals surface area (Å²) < 4.78 is 38.1. The number of likely N-dealkylation sites (tertiary alicyclic amines) is 2. The fourth-order valence-electron chi connectivity index (χ4n) is 11.4. The molecule has 0 spiro atoms. The Hall–Kier alpha value is -6.46. The number of carbonyl (C=O) groups excluding carboxylic acids is 3. The van der Waals surface area contributed by atoms with Gasteiger partial charge < -0.3 is 44.7 Å². The Kier molecular flexibility index (Phi) is 13.5. The summed E-state index contributed by atoms with van der Waals surface area (Å²) in [4.78, 5) is 77.5. The highest BCUT2D eigenvalue weighted by molar-refractivity contribution is 5.87. The zero-order valence-electron chi connectivity index (χ0n) is 40.3. The van der Waals surface area contributed by atoms with Crippen molar-refractivity contribution in [2.45, 2.75) is 122 Å². The molecule has 69 heavy (non-hydrogen) atoms. The van der Waals surface area contributed by atoms with Gasteiger partial charge in [-0.25, -0.2) is 28.3 Å².